The Hall–Kier alpha value is -4.16. The first-order chi connectivity index (χ1) is 25.0. The Morgan fingerprint density at radius 3 is 2.81 bits per heavy atom. The lowest BCUT2D eigenvalue weighted by molar-refractivity contribution is -0.00864. The number of hydrogen-bond donors (Lipinski definition) is 1. The summed E-state index contributed by atoms with van der Waals surface area (Å²) in [5.74, 6) is 0.0384. The Morgan fingerprint density at radius 2 is 2.04 bits per heavy atom. The van der Waals surface area contributed by atoms with Gasteiger partial charge in [-0.2, -0.15) is 0 Å². The third kappa shape index (κ3) is 7.24. The van der Waals surface area contributed by atoms with Crippen LogP contribution in [0.4, 0.5) is 5.69 Å². The average Bonchev–Trinajstić information content (AvgIpc) is 3.41. The molecular formula is C40H51N5O6S. The zero-order chi connectivity index (χ0) is 36.6. The molecule has 1 aromatic heterocycles. The second-order valence-corrected chi connectivity index (χ2v) is 17.2. The molecule has 1 N–H and O–H groups in total. The van der Waals surface area contributed by atoms with Gasteiger partial charge in [-0.25, -0.2) is 4.21 Å². The van der Waals surface area contributed by atoms with Gasteiger partial charge in [-0.1, -0.05) is 42.8 Å². The molecule has 0 saturated heterocycles. The van der Waals surface area contributed by atoms with Crippen LogP contribution in [0.1, 0.15) is 83.4 Å². The Bertz CT molecular complexity index is 2000. The van der Waals surface area contributed by atoms with Crippen LogP contribution >= 0.6 is 0 Å². The van der Waals surface area contributed by atoms with Crippen molar-refractivity contribution in [3.05, 3.63) is 82.6 Å². The first-order valence-corrected chi connectivity index (χ1v) is 20.3. The standard InChI is InChI=1S/C40H51N5O6S/c1-6-50-35-11-7-9-27(3)23-52(48,43-38(47)32-22-44(4)41-39(32)49-5)42-37(46)29-14-17-36-34(20-29)45(21-30-13-15-31(30)35)24-40(25-51-36)18-8-10-28-19-26(2)12-16-33(28)40/h7,11-12,14,16-17,19-20,22,27,30-31,35H,6,8-10,13,15,18,21,23-25H2,1-5H3,(H,42,43,46,47,48)/b11-7+/t27-,30-,31+,35-,40-,52?/m0/s1. The largest absolute Gasteiger partial charge is 0.490 e. The van der Waals surface area contributed by atoms with Crippen molar-refractivity contribution >= 4 is 27.4 Å². The molecule has 2 aliphatic heterocycles. The van der Waals surface area contributed by atoms with E-state index in [9.17, 15) is 13.8 Å². The number of benzene rings is 2. The number of aryl methyl sites for hydroxylation is 3. The van der Waals surface area contributed by atoms with Gasteiger partial charge in [0.2, 0.25) is 5.88 Å². The number of aromatic nitrogens is 2. The number of nitrogens with zero attached hydrogens (tertiary/aromatic N) is 4. The lowest BCUT2D eigenvalue weighted by Gasteiger charge is -2.46. The maximum Gasteiger partial charge on any atom is 0.286 e. The number of fused-ring (bicyclic) bond motifs is 4. The van der Waals surface area contributed by atoms with E-state index in [-0.39, 0.29) is 34.6 Å². The van der Waals surface area contributed by atoms with E-state index in [1.54, 1.807) is 13.1 Å². The van der Waals surface area contributed by atoms with Gasteiger partial charge < -0.3 is 19.1 Å². The molecule has 52 heavy (non-hydrogen) atoms. The van der Waals surface area contributed by atoms with Gasteiger partial charge >= 0.3 is 0 Å². The minimum atomic E-state index is -3.59. The van der Waals surface area contributed by atoms with Crippen LogP contribution in [0.15, 0.2) is 59.1 Å². The number of allylic oxidation sites excluding steroid dienone is 1. The fourth-order valence-electron chi connectivity index (χ4n) is 8.62. The molecule has 6 atom stereocenters. The smallest absolute Gasteiger partial charge is 0.286 e. The second kappa shape index (κ2) is 14.7. The summed E-state index contributed by atoms with van der Waals surface area (Å²) in [5.41, 5.74) is 5.03. The van der Waals surface area contributed by atoms with E-state index in [0.717, 1.165) is 56.6 Å². The zero-order valence-corrected chi connectivity index (χ0v) is 31.7. The predicted molar refractivity (Wildman–Crippen MR) is 201 cm³/mol. The second-order valence-electron chi connectivity index (χ2n) is 15.2. The van der Waals surface area contributed by atoms with Crippen molar-refractivity contribution in [1.29, 1.82) is 0 Å². The monoisotopic (exact) mass is 729 g/mol. The van der Waals surface area contributed by atoms with Crippen molar-refractivity contribution < 1.29 is 28.0 Å². The molecule has 1 fully saturated rings. The highest BCUT2D eigenvalue weighted by Crippen LogP contribution is 2.47. The lowest BCUT2D eigenvalue weighted by Crippen LogP contribution is -2.49. The Kier molecular flexibility index (Phi) is 10.2. The molecule has 2 aromatic carbocycles. The predicted octanol–water partition coefficient (Wildman–Crippen LogP) is 6.19. The number of carbonyl (C=O) groups excluding carboxylic acids is 2. The lowest BCUT2D eigenvalue weighted by atomic mass is 9.68. The maximum absolute atomic E-state index is 14.6. The van der Waals surface area contributed by atoms with E-state index in [0.29, 0.717) is 37.0 Å². The molecule has 1 spiro atoms. The normalized spacial score (nSPS) is 29.4. The molecule has 3 aromatic rings. The van der Waals surface area contributed by atoms with E-state index in [4.69, 9.17) is 14.2 Å². The third-order valence-corrected chi connectivity index (χ3v) is 13.3. The summed E-state index contributed by atoms with van der Waals surface area (Å²) in [4.78, 5) is 30.0. The molecule has 2 bridgehead atoms. The van der Waals surface area contributed by atoms with Crippen LogP contribution in [-0.4, -0.2) is 71.1 Å². The van der Waals surface area contributed by atoms with Crippen molar-refractivity contribution in [1.82, 2.24) is 14.5 Å². The van der Waals surface area contributed by atoms with Gasteiger partial charge in [0.15, 0.2) is 0 Å². The number of anilines is 1. The van der Waals surface area contributed by atoms with Crippen LogP contribution in [0, 0.1) is 24.7 Å². The SMILES string of the molecule is CCO[C@H]1/C=C/C[C@H](C)CS(=O)(NC(=O)c2cn(C)nc2OC)=NC(=O)c2ccc3c(c2)N(C[C@@H]2CC[C@H]21)C[C@@]1(CCCc2cc(C)ccc21)CO3. The van der Waals surface area contributed by atoms with E-state index in [1.165, 1.54) is 34.7 Å². The fraction of sp³-hybridized carbons (Fsp3) is 0.525. The first-order valence-electron chi connectivity index (χ1n) is 18.6. The summed E-state index contributed by atoms with van der Waals surface area (Å²) in [6.45, 7) is 8.83. The van der Waals surface area contributed by atoms with Crippen LogP contribution in [0.2, 0.25) is 0 Å². The number of ether oxygens (including phenoxy) is 3. The fourth-order valence-corrected chi connectivity index (χ4v) is 10.5. The molecule has 11 nitrogen and oxygen atoms in total. The molecule has 1 unspecified atom stereocenters. The van der Waals surface area contributed by atoms with Gasteiger partial charge in [0.1, 0.15) is 21.2 Å². The quantitative estimate of drug-likeness (QED) is 0.309. The van der Waals surface area contributed by atoms with E-state index < -0.39 is 21.7 Å². The molecule has 7 rings (SSSR count). The Labute approximate surface area is 307 Å². The highest BCUT2D eigenvalue weighted by atomic mass is 32.2. The first kappa shape index (κ1) is 36.2. The molecule has 2 aliphatic carbocycles. The number of hydrogen-bond acceptors (Lipinski definition) is 8. The van der Waals surface area contributed by atoms with Crippen molar-refractivity contribution in [2.75, 3.05) is 44.1 Å². The van der Waals surface area contributed by atoms with E-state index in [1.807, 2.05) is 26.0 Å². The molecule has 2 amide bonds. The topological polar surface area (TPSA) is 124 Å². The molecule has 0 radical (unpaired) electrons. The third-order valence-electron chi connectivity index (χ3n) is 11.3. The van der Waals surface area contributed by atoms with Gasteiger partial charge in [-0.05, 0) is 99.5 Å². The average molecular weight is 730 g/mol. The minimum Gasteiger partial charge on any atom is -0.490 e. The summed E-state index contributed by atoms with van der Waals surface area (Å²) in [6.07, 6.45) is 11.6. The van der Waals surface area contributed by atoms with Crippen LogP contribution in [0.3, 0.4) is 0 Å². The molecule has 278 valence electrons. The molecule has 1 saturated carbocycles. The number of methoxy groups -OCH3 is 1. The summed E-state index contributed by atoms with van der Waals surface area (Å²) in [5, 5.41) is 4.16. The molecule has 12 heteroatoms. The Morgan fingerprint density at radius 1 is 1.19 bits per heavy atom. The zero-order valence-electron chi connectivity index (χ0n) is 30.9. The molecule has 3 heterocycles. The van der Waals surface area contributed by atoms with Crippen LogP contribution in [-0.2, 0) is 33.5 Å². The number of amides is 2. The highest BCUT2D eigenvalue weighted by molar-refractivity contribution is 7.92. The Balaban J connectivity index is 1.31. The van der Waals surface area contributed by atoms with Gasteiger partial charge in [0.25, 0.3) is 11.8 Å². The summed E-state index contributed by atoms with van der Waals surface area (Å²) >= 11 is 0. The highest BCUT2D eigenvalue weighted by Gasteiger charge is 2.44. The minimum absolute atomic E-state index is 0.0235. The number of carbonyl (C=O) groups is 2. The number of nitrogens with one attached hydrogen (secondary N) is 1. The van der Waals surface area contributed by atoms with Crippen molar-refractivity contribution in [2.45, 2.75) is 70.8 Å². The van der Waals surface area contributed by atoms with Crippen molar-refractivity contribution in [3.63, 3.8) is 0 Å². The van der Waals surface area contributed by atoms with Crippen molar-refractivity contribution in [2.24, 2.45) is 29.2 Å². The molecule has 4 aliphatic rings. The van der Waals surface area contributed by atoms with Crippen LogP contribution in [0.5, 0.6) is 11.6 Å². The van der Waals surface area contributed by atoms with Gasteiger partial charge in [-0.15, -0.1) is 9.46 Å². The van der Waals surface area contributed by atoms with Crippen LogP contribution in [0.25, 0.3) is 0 Å². The summed E-state index contributed by atoms with van der Waals surface area (Å²) in [7, 11) is -0.512. The maximum atomic E-state index is 14.6. The summed E-state index contributed by atoms with van der Waals surface area (Å²) in [6, 6.07) is 12.2. The van der Waals surface area contributed by atoms with Crippen LogP contribution < -0.4 is 19.1 Å². The van der Waals surface area contributed by atoms with Gasteiger partial charge in [0.05, 0.1) is 31.3 Å². The summed E-state index contributed by atoms with van der Waals surface area (Å²) < 4.78 is 41.3. The van der Waals surface area contributed by atoms with E-state index in [2.05, 4.69) is 56.4 Å². The van der Waals surface area contributed by atoms with E-state index >= 15 is 0 Å². The van der Waals surface area contributed by atoms with Crippen molar-refractivity contribution in [3.8, 4) is 11.6 Å². The molecular weight excluding hydrogens is 679 g/mol. The number of rotatable bonds is 5. The van der Waals surface area contributed by atoms with Gasteiger partial charge in [0, 0.05) is 43.9 Å². The van der Waals surface area contributed by atoms with Gasteiger partial charge in [-0.3, -0.25) is 19.0 Å².